The third-order valence-corrected chi connectivity index (χ3v) is 11.2. The van der Waals surface area contributed by atoms with E-state index in [0.717, 1.165) is 71.1 Å². The van der Waals surface area contributed by atoms with Gasteiger partial charge in [0, 0.05) is 6.04 Å². The molecule has 0 spiro atoms. The first-order valence-corrected chi connectivity index (χ1v) is 15.1. The van der Waals surface area contributed by atoms with Crippen LogP contribution in [0.1, 0.15) is 121 Å². The van der Waals surface area contributed by atoms with Crippen LogP contribution in [0.5, 0.6) is 0 Å². The van der Waals surface area contributed by atoms with Crippen LogP contribution < -0.4 is 5.32 Å². The van der Waals surface area contributed by atoms with Crippen molar-refractivity contribution in [3.8, 4) is 0 Å². The Kier molecular flexibility index (Phi) is 10.9. The van der Waals surface area contributed by atoms with Crippen LogP contribution in [0.4, 0.5) is 0 Å². The van der Waals surface area contributed by atoms with Gasteiger partial charge in [-0.15, -0.1) is 0 Å². The van der Waals surface area contributed by atoms with Gasteiger partial charge in [0.05, 0.1) is 0 Å². The molecule has 10 atom stereocenters. The second-order valence-corrected chi connectivity index (χ2v) is 14.2. The Hall–Kier alpha value is -0.0400. The predicted molar refractivity (Wildman–Crippen MR) is 148 cm³/mol. The molecule has 0 radical (unpaired) electrons. The minimum Gasteiger partial charge on any atom is -0.317 e. The molecule has 1 N–H and O–H groups in total. The topological polar surface area (TPSA) is 12.0 Å². The molecule has 0 amide bonds. The monoisotopic (exact) mass is 461 g/mol. The van der Waals surface area contributed by atoms with Crippen LogP contribution in [0.15, 0.2) is 0 Å². The lowest BCUT2D eigenvalue weighted by Crippen LogP contribution is -2.52. The summed E-state index contributed by atoms with van der Waals surface area (Å²) >= 11 is 0. The summed E-state index contributed by atoms with van der Waals surface area (Å²) in [4.78, 5) is 0. The van der Waals surface area contributed by atoms with Crippen molar-refractivity contribution < 1.29 is 0 Å². The van der Waals surface area contributed by atoms with Crippen LogP contribution in [0.3, 0.4) is 0 Å². The number of hydrogen-bond acceptors (Lipinski definition) is 1. The molecule has 10 unspecified atom stereocenters. The quantitative estimate of drug-likeness (QED) is 0.288. The van der Waals surface area contributed by atoms with Gasteiger partial charge in [0.2, 0.25) is 0 Å². The second kappa shape index (κ2) is 12.3. The first kappa shape index (κ1) is 29.2. The predicted octanol–water partition coefficient (Wildman–Crippen LogP) is 9.32. The molecule has 0 aromatic heterocycles. The maximum Gasteiger partial charge on any atom is 0.00669 e. The molecule has 1 nitrogen and oxygen atoms in total. The van der Waals surface area contributed by atoms with E-state index in [0.29, 0.717) is 5.41 Å². The van der Waals surface area contributed by atoms with Crippen LogP contribution in [0.25, 0.3) is 0 Å². The van der Waals surface area contributed by atoms with Gasteiger partial charge in [-0.25, -0.2) is 0 Å². The average molecular weight is 462 g/mol. The highest BCUT2D eigenvalue weighted by atomic mass is 14.9. The van der Waals surface area contributed by atoms with Crippen LogP contribution >= 0.6 is 0 Å². The van der Waals surface area contributed by atoms with Crippen molar-refractivity contribution in [3.63, 3.8) is 0 Å². The number of rotatable bonds is 13. The van der Waals surface area contributed by atoms with E-state index in [4.69, 9.17) is 0 Å². The molecule has 0 aromatic rings. The third kappa shape index (κ3) is 6.40. The van der Waals surface area contributed by atoms with Gasteiger partial charge in [-0.1, -0.05) is 76.2 Å². The first-order chi connectivity index (χ1) is 15.4. The Morgan fingerprint density at radius 3 is 1.94 bits per heavy atom. The summed E-state index contributed by atoms with van der Waals surface area (Å²) in [6.45, 7) is 28.0. The van der Waals surface area contributed by atoms with Crippen molar-refractivity contribution in [3.05, 3.63) is 0 Å². The zero-order valence-electron chi connectivity index (χ0n) is 24.9. The summed E-state index contributed by atoms with van der Waals surface area (Å²) in [5.41, 5.74) is 0.470. The number of hydrogen-bond donors (Lipinski definition) is 1. The van der Waals surface area contributed by atoms with E-state index in [1.54, 1.807) is 0 Å². The molecule has 2 aliphatic carbocycles. The van der Waals surface area contributed by atoms with Crippen LogP contribution in [0.2, 0.25) is 0 Å². The zero-order valence-corrected chi connectivity index (χ0v) is 24.9. The maximum atomic E-state index is 3.55. The molecule has 0 aliphatic heterocycles. The average Bonchev–Trinajstić information content (AvgIpc) is 3.21. The van der Waals surface area contributed by atoms with Crippen molar-refractivity contribution in [2.75, 3.05) is 7.05 Å². The van der Waals surface area contributed by atoms with E-state index in [9.17, 15) is 0 Å². The molecule has 33 heavy (non-hydrogen) atoms. The Bertz CT molecular complexity index is 565. The molecule has 0 heterocycles. The van der Waals surface area contributed by atoms with Crippen LogP contribution in [0, 0.1) is 70.5 Å². The summed E-state index contributed by atoms with van der Waals surface area (Å²) in [5, 5.41) is 3.55. The summed E-state index contributed by atoms with van der Waals surface area (Å²) in [6, 6.07) is 0.774. The van der Waals surface area contributed by atoms with Crippen molar-refractivity contribution in [2.45, 2.75) is 127 Å². The molecular weight excluding hydrogens is 398 g/mol. The van der Waals surface area contributed by atoms with Gasteiger partial charge in [-0.2, -0.15) is 0 Å². The van der Waals surface area contributed by atoms with Crippen molar-refractivity contribution >= 4 is 0 Å². The molecular formula is C32H63N. The number of nitrogens with one attached hydrogen (secondary N) is 1. The Balaban J connectivity index is 2.29. The molecule has 2 saturated carbocycles. The molecule has 2 aliphatic rings. The van der Waals surface area contributed by atoms with E-state index in [2.05, 4.69) is 88.5 Å². The van der Waals surface area contributed by atoms with Crippen LogP contribution in [-0.2, 0) is 0 Å². The van der Waals surface area contributed by atoms with Gasteiger partial charge >= 0.3 is 0 Å². The minimum absolute atomic E-state index is 0.470. The Morgan fingerprint density at radius 1 is 0.879 bits per heavy atom. The van der Waals surface area contributed by atoms with Gasteiger partial charge in [-0.3, -0.25) is 0 Å². The fourth-order valence-electron chi connectivity index (χ4n) is 9.36. The molecule has 0 saturated heterocycles. The fourth-order valence-corrected chi connectivity index (χ4v) is 9.36. The minimum atomic E-state index is 0.470. The Labute approximate surface area is 210 Å². The molecule has 0 bridgehead atoms. The van der Waals surface area contributed by atoms with E-state index in [1.807, 2.05) is 0 Å². The van der Waals surface area contributed by atoms with E-state index >= 15 is 0 Å². The standard InChI is InChI=1S/C32H63N/c1-13-32(19-20(2)3,31(22(6)7)25(10)21(4)5)26(11)30-24(9)17-28(30)16-23(8)27-14-15-29(18-27)33-12/h20-31,33H,13-19H2,1-12H3. The molecule has 0 aromatic carbocycles. The van der Waals surface area contributed by atoms with E-state index in [-0.39, 0.29) is 0 Å². The second-order valence-electron chi connectivity index (χ2n) is 14.2. The SMILES string of the molecule is CCC(CC(C)C)(C(C)C1C(C)CC1CC(C)C1CCC(NC)C1)C(C(C)C)C(C)C(C)C. The third-order valence-electron chi connectivity index (χ3n) is 11.2. The van der Waals surface area contributed by atoms with Crippen LogP contribution in [-0.4, -0.2) is 13.1 Å². The van der Waals surface area contributed by atoms with E-state index < -0.39 is 0 Å². The van der Waals surface area contributed by atoms with Gasteiger partial charge in [0.1, 0.15) is 0 Å². The van der Waals surface area contributed by atoms with Gasteiger partial charge in [0.25, 0.3) is 0 Å². The highest BCUT2D eigenvalue weighted by molar-refractivity contribution is 5.02. The lowest BCUT2D eigenvalue weighted by atomic mass is 9.46. The zero-order chi connectivity index (χ0) is 25.1. The normalized spacial score (nSPS) is 33.7. The largest absolute Gasteiger partial charge is 0.317 e. The molecule has 1 heteroatoms. The van der Waals surface area contributed by atoms with Crippen molar-refractivity contribution in [1.29, 1.82) is 0 Å². The van der Waals surface area contributed by atoms with Crippen molar-refractivity contribution in [2.24, 2.45) is 70.5 Å². The van der Waals surface area contributed by atoms with Gasteiger partial charge in [0.15, 0.2) is 0 Å². The summed E-state index contributed by atoms with van der Waals surface area (Å²) < 4.78 is 0. The molecule has 2 fully saturated rings. The summed E-state index contributed by atoms with van der Waals surface area (Å²) in [6.07, 6.45) is 9.97. The lowest BCUT2D eigenvalue weighted by molar-refractivity contribution is -0.102. The Morgan fingerprint density at radius 2 is 1.52 bits per heavy atom. The van der Waals surface area contributed by atoms with Gasteiger partial charge in [-0.05, 0) is 123 Å². The maximum absolute atomic E-state index is 3.55. The van der Waals surface area contributed by atoms with Crippen molar-refractivity contribution in [1.82, 2.24) is 5.32 Å². The first-order valence-electron chi connectivity index (χ1n) is 15.1. The summed E-state index contributed by atoms with van der Waals surface area (Å²) in [7, 11) is 2.16. The summed E-state index contributed by atoms with van der Waals surface area (Å²) in [5.74, 6) is 9.36. The molecule has 196 valence electrons. The van der Waals surface area contributed by atoms with E-state index in [1.165, 1.54) is 44.9 Å². The molecule has 2 rings (SSSR count). The lowest BCUT2D eigenvalue weighted by Gasteiger charge is -2.59. The van der Waals surface area contributed by atoms with Gasteiger partial charge < -0.3 is 5.32 Å². The highest BCUT2D eigenvalue weighted by Crippen LogP contribution is 2.60. The fraction of sp³-hybridized carbons (Fsp3) is 1.00. The highest BCUT2D eigenvalue weighted by Gasteiger charge is 2.53. The smallest absolute Gasteiger partial charge is 0.00669 e.